The molecule has 7 nitrogen and oxygen atoms in total. The number of sulfonamides is 1. The lowest BCUT2D eigenvalue weighted by Gasteiger charge is -2.30. The second-order valence-corrected chi connectivity index (χ2v) is 8.17. The molecule has 0 aromatic heterocycles. The lowest BCUT2D eigenvalue weighted by atomic mass is 9.97. The predicted molar refractivity (Wildman–Crippen MR) is 88.1 cm³/mol. The number of nitrogens with zero attached hydrogens (tertiary/aromatic N) is 1. The molecule has 1 heterocycles. The minimum absolute atomic E-state index is 0.108. The van der Waals surface area contributed by atoms with Gasteiger partial charge in [0.2, 0.25) is 15.9 Å². The zero-order valence-electron chi connectivity index (χ0n) is 13.4. The molecule has 2 N–H and O–H groups in total. The molecule has 1 aliphatic rings. The van der Waals surface area contributed by atoms with Gasteiger partial charge in [-0.25, -0.2) is 12.8 Å². The average molecular weight is 393 g/mol. The number of piperidine rings is 1. The number of amides is 1. The summed E-state index contributed by atoms with van der Waals surface area (Å²) in [5.41, 5.74) is 0. The molecular formula is C15H18ClFN2O5S. The molecule has 0 aliphatic carbocycles. The van der Waals surface area contributed by atoms with Gasteiger partial charge >= 0.3 is 5.97 Å². The van der Waals surface area contributed by atoms with Crippen molar-refractivity contribution in [1.29, 1.82) is 0 Å². The minimum atomic E-state index is -3.83. The predicted octanol–water partition coefficient (Wildman–Crippen LogP) is 1.47. The van der Waals surface area contributed by atoms with Crippen molar-refractivity contribution < 1.29 is 27.5 Å². The SMILES string of the molecule is C[C@@H](NC(=O)C1CCN(S(=O)(=O)c2ccc(F)c(Cl)c2)CC1)C(=O)O. The topological polar surface area (TPSA) is 104 Å². The van der Waals surface area contributed by atoms with Crippen LogP contribution in [0, 0.1) is 11.7 Å². The molecule has 1 amide bonds. The summed E-state index contributed by atoms with van der Waals surface area (Å²) in [5.74, 6) is -2.70. The van der Waals surface area contributed by atoms with Crippen LogP contribution in [0.4, 0.5) is 4.39 Å². The number of halogens is 2. The Morgan fingerprint density at radius 2 is 1.96 bits per heavy atom. The summed E-state index contributed by atoms with van der Waals surface area (Å²) in [5, 5.41) is 10.9. The van der Waals surface area contributed by atoms with E-state index in [-0.39, 0.29) is 35.8 Å². The standard InChI is InChI=1S/C15H18ClFN2O5S/c1-9(15(21)22)18-14(20)10-4-6-19(7-5-10)25(23,24)11-2-3-13(17)12(16)8-11/h2-3,8-10H,4-7H2,1H3,(H,18,20)(H,21,22)/t9-/m1/s1. The van der Waals surface area contributed by atoms with Gasteiger partial charge in [0.25, 0.3) is 0 Å². The van der Waals surface area contributed by atoms with Gasteiger partial charge in [0.1, 0.15) is 11.9 Å². The van der Waals surface area contributed by atoms with Gasteiger partial charge in [-0.2, -0.15) is 4.31 Å². The van der Waals surface area contributed by atoms with Crippen LogP contribution in [-0.4, -0.2) is 48.8 Å². The zero-order valence-corrected chi connectivity index (χ0v) is 15.0. The molecule has 0 unspecified atom stereocenters. The largest absolute Gasteiger partial charge is 0.480 e. The van der Waals surface area contributed by atoms with Crippen molar-refractivity contribution in [2.24, 2.45) is 5.92 Å². The number of rotatable bonds is 5. The fraction of sp³-hybridized carbons (Fsp3) is 0.467. The lowest BCUT2D eigenvalue weighted by Crippen LogP contribution is -2.46. The molecule has 1 fully saturated rings. The molecule has 25 heavy (non-hydrogen) atoms. The highest BCUT2D eigenvalue weighted by molar-refractivity contribution is 7.89. The Bertz CT molecular complexity index is 778. The highest BCUT2D eigenvalue weighted by atomic mass is 35.5. The fourth-order valence-corrected chi connectivity index (χ4v) is 4.28. The van der Waals surface area contributed by atoms with Crippen LogP contribution in [0.3, 0.4) is 0 Å². The molecule has 1 aromatic carbocycles. The van der Waals surface area contributed by atoms with Crippen LogP contribution in [0.15, 0.2) is 23.1 Å². The van der Waals surface area contributed by atoms with Gasteiger partial charge in [-0.3, -0.25) is 9.59 Å². The van der Waals surface area contributed by atoms with Crippen molar-refractivity contribution in [3.63, 3.8) is 0 Å². The van der Waals surface area contributed by atoms with E-state index >= 15 is 0 Å². The molecule has 1 atom stereocenters. The number of carboxylic acids is 1. The van der Waals surface area contributed by atoms with Crippen molar-refractivity contribution in [1.82, 2.24) is 9.62 Å². The first kappa shape index (κ1) is 19.6. The van der Waals surface area contributed by atoms with Gasteiger partial charge in [-0.05, 0) is 38.0 Å². The lowest BCUT2D eigenvalue weighted by molar-refractivity contribution is -0.142. The second kappa shape index (κ2) is 7.67. The quantitative estimate of drug-likeness (QED) is 0.789. The van der Waals surface area contributed by atoms with E-state index in [2.05, 4.69) is 5.32 Å². The number of hydrogen-bond donors (Lipinski definition) is 2. The number of carbonyl (C=O) groups excluding carboxylic acids is 1. The number of benzene rings is 1. The number of hydrogen-bond acceptors (Lipinski definition) is 4. The van der Waals surface area contributed by atoms with Gasteiger partial charge in [-0.1, -0.05) is 11.6 Å². The molecule has 1 saturated heterocycles. The number of nitrogens with one attached hydrogen (secondary N) is 1. The van der Waals surface area contributed by atoms with Gasteiger partial charge in [-0.15, -0.1) is 0 Å². The Morgan fingerprint density at radius 1 is 1.36 bits per heavy atom. The van der Waals surface area contributed by atoms with Crippen LogP contribution in [0.25, 0.3) is 0 Å². The molecule has 0 spiro atoms. The molecule has 1 aliphatic heterocycles. The van der Waals surface area contributed by atoms with Crippen molar-refractivity contribution in [2.75, 3.05) is 13.1 Å². The van der Waals surface area contributed by atoms with E-state index in [9.17, 15) is 22.4 Å². The van der Waals surface area contributed by atoms with E-state index in [1.54, 1.807) is 0 Å². The molecule has 0 radical (unpaired) electrons. The third-order valence-electron chi connectivity index (χ3n) is 4.08. The maximum Gasteiger partial charge on any atom is 0.325 e. The summed E-state index contributed by atoms with van der Waals surface area (Å²) in [6.45, 7) is 1.58. The van der Waals surface area contributed by atoms with Gasteiger partial charge < -0.3 is 10.4 Å². The first-order valence-electron chi connectivity index (χ1n) is 7.61. The smallest absolute Gasteiger partial charge is 0.325 e. The van der Waals surface area contributed by atoms with Crippen molar-refractivity contribution >= 4 is 33.5 Å². The molecule has 10 heteroatoms. The Hall–Kier alpha value is -1.71. The summed E-state index contributed by atoms with van der Waals surface area (Å²) in [7, 11) is -3.83. The highest BCUT2D eigenvalue weighted by Crippen LogP contribution is 2.26. The van der Waals surface area contributed by atoms with Crippen LogP contribution in [0.2, 0.25) is 5.02 Å². The van der Waals surface area contributed by atoms with Crippen LogP contribution in [-0.2, 0) is 19.6 Å². The van der Waals surface area contributed by atoms with Gasteiger partial charge in [0.15, 0.2) is 0 Å². The third-order valence-corrected chi connectivity index (χ3v) is 6.27. The Morgan fingerprint density at radius 3 is 2.48 bits per heavy atom. The molecule has 0 saturated carbocycles. The maximum atomic E-state index is 13.2. The van der Waals surface area contributed by atoms with E-state index < -0.39 is 39.7 Å². The summed E-state index contributed by atoms with van der Waals surface area (Å²) in [4.78, 5) is 22.7. The monoisotopic (exact) mass is 392 g/mol. The van der Waals surface area contributed by atoms with E-state index in [4.69, 9.17) is 16.7 Å². The normalized spacial score (nSPS) is 17.9. The van der Waals surface area contributed by atoms with Crippen molar-refractivity contribution in [2.45, 2.75) is 30.7 Å². The van der Waals surface area contributed by atoms with Gasteiger partial charge in [0.05, 0.1) is 9.92 Å². The summed E-state index contributed by atoms with van der Waals surface area (Å²) < 4.78 is 39.5. The van der Waals surface area contributed by atoms with Crippen LogP contribution in [0.5, 0.6) is 0 Å². The first-order valence-corrected chi connectivity index (χ1v) is 9.43. The molecule has 0 bridgehead atoms. The van der Waals surface area contributed by atoms with Crippen LogP contribution < -0.4 is 5.32 Å². The average Bonchev–Trinajstić information content (AvgIpc) is 2.57. The van der Waals surface area contributed by atoms with E-state index in [0.717, 1.165) is 18.2 Å². The number of carboxylic acid groups (broad SMARTS) is 1. The van der Waals surface area contributed by atoms with Crippen LogP contribution >= 0.6 is 11.6 Å². The van der Waals surface area contributed by atoms with E-state index in [0.29, 0.717) is 0 Å². The van der Waals surface area contributed by atoms with Crippen LogP contribution in [0.1, 0.15) is 19.8 Å². The second-order valence-electron chi connectivity index (χ2n) is 5.82. The third kappa shape index (κ3) is 4.47. The summed E-state index contributed by atoms with van der Waals surface area (Å²) in [6.07, 6.45) is 0.540. The molecule has 1 aromatic rings. The summed E-state index contributed by atoms with van der Waals surface area (Å²) in [6, 6.07) is 2.18. The van der Waals surface area contributed by atoms with Crippen molar-refractivity contribution in [3.05, 3.63) is 29.0 Å². The fourth-order valence-electron chi connectivity index (χ4n) is 2.54. The minimum Gasteiger partial charge on any atom is -0.480 e. The Labute approximate surface area is 149 Å². The highest BCUT2D eigenvalue weighted by Gasteiger charge is 2.33. The maximum absolute atomic E-state index is 13.2. The van der Waals surface area contributed by atoms with E-state index in [1.165, 1.54) is 11.2 Å². The number of carbonyl (C=O) groups is 2. The van der Waals surface area contributed by atoms with Gasteiger partial charge in [0, 0.05) is 19.0 Å². The summed E-state index contributed by atoms with van der Waals surface area (Å²) >= 11 is 5.64. The molecule has 2 rings (SSSR count). The Balaban J connectivity index is 2.02. The Kier molecular flexibility index (Phi) is 6.02. The zero-order chi connectivity index (χ0) is 18.8. The molecule has 138 valence electrons. The van der Waals surface area contributed by atoms with E-state index in [1.807, 2.05) is 0 Å². The number of aliphatic carboxylic acids is 1. The molecular weight excluding hydrogens is 375 g/mol. The van der Waals surface area contributed by atoms with Crippen molar-refractivity contribution in [3.8, 4) is 0 Å². The first-order chi connectivity index (χ1) is 11.6.